The fraction of sp³-hybridized carbons (Fsp3) is 0.167. The summed E-state index contributed by atoms with van der Waals surface area (Å²) >= 11 is 1.69. The molecule has 1 aromatic heterocycles. The zero-order valence-corrected chi connectivity index (χ0v) is 17.4. The van der Waals surface area contributed by atoms with E-state index in [-0.39, 0.29) is 0 Å². The highest BCUT2D eigenvalue weighted by molar-refractivity contribution is 7.98. The van der Waals surface area contributed by atoms with Crippen LogP contribution in [-0.2, 0) is 5.75 Å². The van der Waals surface area contributed by atoms with Gasteiger partial charge in [0.25, 0.3) is 0 Å². The van der Waals surface area contributed by atoms with Crippen molar-refractivity contribution in [2.45, 2.75) is 24.8 Å². The van der Waals surface area contributed by atoms with Gasteiger partial charge in [-0.25, -0.2) is 0 Å². The van der Waals surface area contributed by atoms with E-state index in [1.165, 1.54) is 11.1 Å². The fourth-order valence-corrected chi connectivity index (χ4v) is 4.06. The maximum atomic E-state index is 5.60. The third-order valence-corrected chi connectivity index (χ3v) is 5.53. The molecule has 1 heterocycles. The molecule has 0 amide bonds. The van der Waals surface area contributed by atoms with Crippen molar-refractivity contribution in [2.75, 3.05) is 6.61 Å². The molecule has 4 nitrogen and oxygen atoms in total. The van der Waals surface area contributed by atoms with Crippen LogP contribution in [0.4, 0.5) is 0 Å². The van der Waals surface area contributed by atoms with Crippen LogP contribution < -0.4 is 4.74 Å². The highest BCUT2D eigenvalue weighted by Crippen LogP contribution is 2.30. The Kier molecular flexibility index (Phi) is 5.96. The molecule has 146 valence electrons. The van der Waals surface area contributed by atoms with Gasteiger partial charge in [0, 0.05) is 17.0 Å². The van der Waals surface area contributed by atoms with Crippen LogP contribution in [0, 0.1) is 6.92 Å². The second-order valence-electron chi connectivity index (χ2n) is 6.71. The zero-order valence-electron chi connectivity index (χ0n) is 16.6. The molecule has 0 saturated heterocycles. The minimum atomic E-state index is 0.651. The molecule has 0 aliphatic carbocycles. The number of hydrogen-bond acceptors (Lipinski definition) is 4. The Labute approximate surface area is 175 Å². The van der Waals surface area contributed by atoms with Gasteiger partial charge in [-0.1, -0.05) is 65.9 Å². The van der Waals surface area contributed by atoms with Crippen LogP contribution in [0.1, 0.15) is 18.1 Å². The lowest BCUT2D eigenvalue weighted by Crippen LogP contribution is -2.00. The number of benzene rings is 3. The smallest absolute Gasteiger partial charge is 0.196 e. The fourth-order valence-electron chi connectivity index (χ4n) is 3.15. The Morgan fingerprint density at radius 3 is 2.41 bits per heavy atom. The largest absolute Gasteiger partial charge is 0.494 e. The van der Waals surface area contributed by atoms with E-state index >= 15 is 0 Å². The molecule has 0 N–H and O–H groups in total. The molecule has 0 unspecified atom stereocenters. The third kappa shape index (κ3) is 4.51. The van der Waals surface area contributed by atoms with E-state index < -0.39 is 0 Å². The third-order valence-electron chi connectivity index (χ3n) is 4.53. The first-order chi connectivity index (χ1) is 14.2. The molecule has 0 aliphatic heterocycles. The van der Waals surface area contributed by atoms with Gasteiger partial charge < -0.3 is 4.74 Å². The lowest BCUT2D eigenvalue weighted by atomic mass is 10.1. The summed E-state index contributed by atoms with van der Waals surface area (Å²) in [5.41, 5.74) is 4.53. The van der Waals surface area contributed by atoms with Crippen LogP contribution in [0.25, 0.3) is 17.1 Å². The second kappa shape index (κ2) is 8.97. The SMILES string of the molecule is CCOc1ccc(-n2c(SCc3ccccc3)nnc2-c2cccc(C)c2)cc1. The van der Waals surface area contributed by atoms with Gasteiger partial charge >= 0.3 is 0 Å². The highest BCUT2D eigenvalue weighted by atomic mass is 32.2. The van der Waals surface area contributed by atoms with Crippen molar-refractivity contribution in [3.8, 4) is 22.8 Å². The Balaban J connectivity index is 1.73. The number of aromatic nitrogens is 3. The molecule has 0 saturated carbocycles. The predicted molar refractivity (Wildman–Crippen MR) is 119 cm³/mol. The quantitative estimate of drug-likeness (QED) is 0.360. The molecule has 3 aromatic carbocycles. The standard InChI is InChI=1S/C24H23N3OS/c1-3-28-22-14-12-21(13-15-22)27-23(20-11-7-8-18(2)16-20)25-26-24(27)29-17-19-9-5-4-6-10-19/h4-16H,3,17H2,1-2H3. The summed E-state index contributed by atoms with van der Waals surface area (Å²) in [4.78, 5) is 0. The summed E-state index contributed by atoms with van der Waals surface area (Å²) in [5, 5.41) is 9.92. The highest BCUT2D eigenvalue weighted by Gasteiger charge is 2.16. The van der Waals surface area contributed by atoms with Crippen LogP contribution in [-0.4, -0.2) is 21.4 Å². The summed E-state index contributed by atoms with van der Waals surface area (Å²) in [7, 11) is 0. The zero-order chi connectivity index (χ0) is 20.1. The van der Waals surface area contributed by atoms with Crippen LogP contribution in [0.3, 0.4) is 0 Å². The van der Waals surface area contributed by atoms with Gasteiger partial charge in [-0.15, -0.1) is 10.2 Å². The summed E-state index contributed by atoms with van der Waals surface area (Å²) in [6.07, 6.45) is 0. The molecule has 0 spiro atoms. The van der Waals surface area contributed by atoms with E-state index in [0.717, 1.165) is 33.7 Å². The van der Waals surface area contributed by atoms with E-state index in [1.807, 2.05) is 25.1 Å². The monoisotopic (exact) mass is 401 g/mol. The lowest BCUT2D eigenvalue weighted by Gasteiger charge is -2.12. The van der Waals surface area contributed by atoms with Crippen LogP contribution in [0.2, 0.25) is 0 Å². The van der Waals surface area contributed by atoms with E-state index in [4.69, 9.17) is 4.74 Å². The average Bonchev–Trinajstić information content (AvgIpc) is 3.18. The van der Waals surface area contributed by atoms with Crippen molar-refractivity contribution in [2.24, 2.45) is 0 Å². The van der Waals surface area contributed by atoms with Crippen molar-refractivity contribution in [1.29, 1.82) is 0 Å². The topological polar surface area (TPSA) is 39.9 Å². The van der Waals surface area contributed by atoms with Crippen molar-refractivity contribution in [3.05, 3.63) is 90.0 Å². The lowest BCUT2D eigenvalue weighted by molar-refractivity contribution is 0.340. The van der Waals surface area contributed by atoms with E-state index in [2.05, 4.69) is 82.4 Å². The molecular formula is C24H23N3OS. The summed E-state index contributed by atoms with van der Waals surface area (Å²) in [5.74, 6) is 2.54. The number of ether oxygens (including phenoxy) is 1. The van der Waals surface area contributed by atoms with Gasteiger partial charge in [0.2, 0.25) is 0 Å². The van der Waals surface area contributed by atoms with Gasteiger partial charge in [-0.3, -0.25) is 4.57 Å². The summed E-state index contributed by atoms with van der Waals surface area (Å²) in [6, 6.07) is 26.9. The minimum absolute atomic E-state index is 0.651. The van der Waals surface area contributed by atoms with Crippen molar-refractivity contribution in [1.82, 2.24) is 14.8 Å². The number of nitrogens with zero attached hydrogens (tertiary/aromatic N) is 3. The molecule has 0 aliphatic rings. The van der Waals surface area contributed by atoms with Gasteiger partial charge in [-0.2, -0.15) is 0 Å². The Morgan fingerprint density at radius 2 is 1.69 bits per heavy atom. The number of aryl methyl sites for hydroxylation is 1. The Hall–Kier alpha value is -3.05. The Bertz CT molecular complexity index is 1070. The molecule has 0 fully saturated rings. The maximum Gasteiger partial charge on any atom is 0.196 e. The minimum Gasteiger partial charge on any atom is -0.494 e. The number of thioether (sulfide) groups is 1. The average molecular weight is 402 g/mol. The molecule has 29 heavy (non-hydrogen) atoms. The molecule has 0 bridgehead atoms. The molecule has 5 heteroatoms. The van der Waals surface area contributed by atoms with E-state index in [9.17, 15) is 0 Å². The molecule has 4 aromatic rings. The normalized spacial score (nSPS) is 10.8. The first-order valence-electron chi connectivity index (χ1n) is 9.67. The van der Waals surface area contributed by atoms with Gasteiger partial charge in [0.15, 0.2) is 11.0 Å². The molecule has 4 rings (SSSR count). The van der Waals surface area contributed by atoms with Crippen LogP contribution in [0.15, 0.2) is 84.0 Å². The van der Waals surface area contributed by atoms with Gasteiger partial charge in [0.1, 0.15) is 5.75 Å². The molecule has 0 radical (unpaired) electrons. The van der Waals surface area contributed by atoms with E-state index in [0.29, 0.717) is 6.61 Å². The first-order valence-corrected chi connectivity index (χ1v) is 10.7. The summed E-state index contributed by atoms with van der Waals surface area (Å²) < 4.78 is 7.72. The molecular weight excluding hydrogens is 378 g/mol. The maximum absolute atomic E-state index is 5.60. The van der Waals surface area contributed by atoms with Crippen LogP contribution >= 0.6 is 11.8 Å². The molecule has 0 atom stereocenters. The Morgan fingerprint density at radius 1 is 0.897 bits per heavy atom. The predicted octanol–water partition coefficient (Wildman–Crippen LogP) is 5.93. The van der Waals surface area contributed by atoms with E-state index in [1.54, 1.807) is 11.8 Å². The number of rotatable bonds is 7. The second-order valence-corrected chi connectivity index (χ2v) is 7.65. The van der Waals surface area contributed by atoms with Crippen molar-refractivity contribution >= 4 is 11.8 Å². The van der Waals surface area contributed by atoms with Gasteiger partial charge in [-0.05, 0) is 49.7 Å². The van der Waals surface area contributed by atoms with Crippen molar-refractivity contribution in [3.63, 3.8) is 0 Å². The van der Waals surface area contributed by atoms with Crippen LogP contribution in [0.5, 0.6) is 5.75 Å². The summed E-state index contributed by atoms with van der Waals surface area (Å²) in [6.45, 7) is 4.73. The van der Waals surface area contributed by atoms with Crippen molar-refractivity contribution < 1.29 is 4.74 Å². The van der Waals surface area contributed by atoms with Gasteiger partial charge in [0.05, 0.1) is 6.61 Å². The first kappa shape index (κ1) is 19.3. The number of hydrogen-bond donors (Lipinski definition) is 0.